The molecule has 2 N–H and O–H groups in total. The maximum atomic E-state index is 11.2. The quantitative estimate of drug-likeness (QED) is 0.676. The Bertz CT molecular complexity index is 981. The van der Waals surface area contributed by atoms with Crippen LogP contribution in [0.3, 0.4) is 0 Å². The number of primary sulfonamides is 1. The maximum absolute atomic E-state index is 11.2. The summed E-state index contributed by atoms with van der Waals surface area (Å²) in [5, 5.41) is 5.07. The number of hydrogen-bond donors (Lipinski definition) is 1. The molecule has 0 aliphatic heterocycles. The predicted octanol–water partition coefficient (Wildman–Crippen LogP) is 3.66. The van der Waals surface area contributed by atoms with Crippen LogP contribution in [-0.4, -0.2) is 14.6 Å². The van der Waals surface area contributed by atoms with Crippen molar-refractivity contribution in [1.82, 2.24) is 0 Å². The van der Waals surface area contributed by atoms with E-state index in [0.29, 0.717) is 12.3 Å². The predicted molar refractivity (Wildman–Crippen MR) is 102 cm³/mol. The standard InChI is InChI=1S/C20H18N2O3S/c21-26(23,24)20-12-8-18(9-13-20)22-14-16-6-10-19(11-7-16)25-15-17-4-2-1-3-5-17/h1-14H,15H2,(H2,21,23,24). The monoisotopic (exact) mass is 366 g/mol. The molecule has 0 spiro atoms. The van der Waals surface area contributed by atoms with E-state index in [0.717, 1.165) is 16.9 Å². The second-order valence-electron chi connectivity index (χ2n) is 5.64. The van der Waals surface area contributed by atoms with Gasteiger partial charge in [0.15, 0.2) is 0 Å². The van der Waals surface area contributed by atoms with Crippen LogP contribution in [0.2, 0.25) is 0 Å². The summed E-state index contributed by atoms with van der Waals surface area (Å²) in [4.78, 5) is 4.39. The molecule has 3 rings (SSSR count). The van der Waals surface area contributed by atoms with Crippen molar-refractivity contribution in [3.8, 4) is 5.75 Å². The van der Waals surface area contributed by atoms with Gasteiger partial charge in [0.05, 0.1) is 10.6 Å². The maximum Gasteiger partial charge on any atom is 0.238 e. The summed E-state index contributed by atoms with van der Waals surface area (Å²) in [6.45, 7) is 0.519. The van der Waals surface area contributed by atoms with Gasteiger partial charge in [0.25, 0.3) is 0 Å². The van der Waals surface area contributed by atoms with Gasteiger partial charge in [-0.2, -0.15) is 0 Å². The molecule has 5 nitrogen and oxygen atoms in total. The van der Waals surface area contributed by atoms with Gasteiger partial charge < -0.3 is 4.74 Å². The Balaban J connectivity index is 1.61. The van der Waals surface area contributed by atoms with Crippen LogP contribution < -0.4 is 9.88 Å². The van der Waals surface area contributed by atoms with Gasteiger partial charge >= 0.3 is 0 Å². The second kappa shape index (κ2) is 7.95. The van der Waals surface area contributed by atoms with Crippen molar-refractivity contribution >= 4 is 21.9 Å². The minimum Gasteiger partial charge on any atom is -0.489 e. The van der Waals surface area contributed by atoms with Crippen molar-refractivity contribution in [3.05, 3.63) is 90.0 Å². The molecule has 132 valence electrons. The van der Waals surface area contributed by atoms with E-state index in [-0.39, 0.29) is 4.90 Å². The molecule has 0 fully saturated rings. The topological polar surface area (TPSA) is 81.8 Å². The molecule has 0 saturated carbocycles. The van der Waals surface area contributed by atoms with Crippen LogP contribution in [-0.2, 0) is 16.6 Å². The fourth-order valence-electron chi connectivity index (χ4n) is 2.26. The number of nitrogens with two attached hydrogens (primary N) is 1. The van der Waals surface area contributed by atoms with Gasteiger partial charge in [-0.3, -0.25) is 4.99 Å². The lowest BCUT2D eigenvalue weighted by Gasteiger charge is -2.06. The number of sulfonamides is 1. The van der Waals surface area contributed by atoms with Crippen LogP contribution in [0.4, 0.5) is 5.69 Å². The van der Waals surface area contributed by atoms with Crippen molar-refractivity contribution < 1.29 is 13.2 Å². The molecule has 0 aliphatic rings. The molecular formula is C20H18N2O3S. The van der Waals surface area contributed by atoms with E-state index in [9.17, 15) is 8.42 Å². The van der Waals surface area contributed by atoms with Crippen molar-refractivity contribution in [3.63, 3.8) is 0 Å². The Morgan fingerprint density at radius 1 is 0.885 bits per heavy atom. The highest BCUT2D eigenvalue weighted by atomic mass is 32.2. The highest BCUT2D eigenvalue weighted by Gasteiger charge is 2.06. The zero-order valence-corrected chi connectivity index (χ0v) is 14.8. The summed E-state index contributed by atoms with van der Waals surface area (Å²) in [5.41, 5.74) is 2.66. The third kappa shape index (κ3) is 5.02. The summed E-state index contributed by atoms with van der Waals surface area (Å²) >= 11 is 0. The van der Waals surface area contributed by atoms with Gasteiger partial charge in [-0.25, -0.2) is 13.6 Å². The Hall–Kier alpha value is -2.96. The van der Waals surface area contributed by atoms with Gasteiger partial charge in [0.2, 0.25) is 10.0 Å². The Morgan fingerprint density at radius 2 is 1.54 bits per heavy atom. The number of nitrogens with zero attached hydrogens (tertiary/aromatic N) is 1. The average Bonchev–Trinajstić information content (AvgIpc) is 2.66. The van der Waals surface area contributed by atoms with E-state index in [1.807, 2.05) is 54.6 Å². The number of benzene rings is 3. The highest BCUT2D eigenvalue weighted by Crippen LogP contribution is 2.17. The first-order valence-corrected chi connectivity index (χ1v) is 9.49. The lowest BCUT2D eigenvalue weighted by molar-refractivity contribution is 0.306. The van der Waals surface area contributed by atoms with E-state index < -0.39 is 10.0 Å². The van der Waals surface area contributed by atoms with Gasteiger partial charge in [-0.1, -0.05) is 30.3 Å². The summed E-state index contributed by atoms with van der Waals surface area (Å²) in [5.74, 6) is 0.781. The summed E-state index contributed by atoms with van der Waals surface area (Å²) < 4.78 is 28.2. The Labute approximate surface area is 152 Å². The highest BCUT2D eigenvalue weighted by molar-refractivity contribution is 7.89. The molecule has 0 aromatic heterocycles. The molecule has 0 amide bonds. The second-order valence-corrected chi connectivity index (χ2v) is 7.20. The molecule has 0 radical (unpaired) electrons. The SMILES string of the molecule is NS(=O)(=O)c1ccc(N=Cc2ccc(OCc3ccccc3)cc2)cc1. The minimum atomic E-state index is -3.68. The van der Waals surface area contributed by atoms with Crippen LogP contribution in [0.5, 0.6) is 5.75 Å². The smallest absolute Gasteiger partial charge is 0.238 e. The normalized spacial score (nSPS) is 11.6. The first kappa shape index (κ1) is 17.8. The largest absolute Gasteiger partial charge is 0.489 e. The van der Waals surface area contributed by atoms with Crippen molar-refractivity contribution in [2.24, 2.45) is 10.1 Å². The van der Waals surface area contributed by atoms with Crippen molar-refractivity contribution in [2.75, 3.05) is 0 Å². The van der Waals surface area contributed by atoms with Crippen LogP contribution in [0, 0.1) is 0 Å². The van der Waals surface area contributed by atoms with Gasteiger partial charge in [-0.15, -0.1) is 0 Å². The summed E-state index contributed by atoms with van der Waals surface area (Å²) in [6.07, 6.45) is 1.70. The molecule has 0 bridgehead atoms. The molecule has 3 aromatic rings. The lowest BCUT2D eigenvalue weighted by atomic mass is 10.2. The van der Waals surface area contributed by atoms with Gasteiger partial charge in [0.1, 0.15) is 12.4 Å². The van der Waals surface area contributed by atoms with E-state index in [2.05, 4.69) is 4.99 Å². The fourth-order valence-corrected chi connectivity index (χ4v) is 2.78. The van der Waals surface area contributed by atoms with Crippen LogP contribution >= 0.6 is 0 Å². The van der Waals surface area contributed by atoms with E-state index in [1.54, 1.807) is 18.3 Å². The van der Waals surface area contributed by atoms with Crippen molar-refractivity contribution in [2.45, 2.75) is 11.5 Å². The third-order valence-corrected chi connectivity index (χ3v) is 4.59. The van der Waals surface area contributed by atoms with E-state index in [4.69, 9.17) is 9.88 Å². The van der Waals surface area contributed by atoms with Crippen molar-refractivity contribution in [1.29, 1.82) is 0 Å². The average molecular weight is 366 g/mol. The number of rotatable bonds is 6. The van der Waals surface area contributed by atoms with Gasteiger partial charge in [0, 0.05) is 6.21 Å². The lowest BCUT2D eigenvalue weighted by Crippen LogP contribution is -2.11. The Morgan fingerprint density at radius 3 is 2.15 bits per heavy atom. The number of hydrogen-bond acceptors (Lipinski definition) is 4. The van der Waals surface area contributed by atoms with Crippen LogP contribution in [0.25, 0.3) is 0 Å². The third-order valence-electron chi connectivity index (χ3n) is 3.66. The first-order chi connectivity index (χ1) is 12.5. The molecule has 0 aliphatic carbocycles. The molecule has 6 heteroatoms. The zero-order valence-electron chi connectivity index (χ0n) is 13.9. The van der Waals surface area contributed by atoms with Crippen LogP contribution in [0.1, 0.15) is 11.1 Å². The Kier molecular flexibility index (Phi) is 5.46. The zero-order chi connectivity index (χ0) is 18.4. The summed E-state index contributed by atoms with van der Waals surface area (Å²) in [6, 6.07) is 23.6. The number of aliphatic imine (C=N–C) groups is 1. The first-order valence-electron chi connectivity index (χ1n) is 7.94. The molecule has 0 unspecified atom stereocenters. The molecular weight excluding hydrogens is 348 g/mol. The molecule has 26 heavy (non-hydrogen) atoms. The molecule has 0 heterocycles. The summed E-state index contributed by atoms with van der Waals surface area (Å²) in [7, 11) is -3.68. The number of ether oxygens (including phenoxy) is 1. The molecule has 3 aromatic carbocycles. The molecule has 0 saturated heterocycles. The minimum absolute atomic E-state index is 0.0661. The van der Waals surface area contributed by atoms with Crippen LogP contribution in [0.15, 0.2) is 88.8 Å². The fraction of sp³-hybridized carbons (Fsp3) is 0.0500. The van der Waals surface area contributed by atoms with E-state index in [1.165, 1.54) is 12.1 Å². The van der Waals surface area contributed by atoms with Gasteiger partial charge in [-0.05, 0) is 59.7 Å². The molecule has 0 atom stereocenters. The van der Waals surface area contributed by atoms with E-state index >= 15 is 0 Å².